The van der Waals surface area contributed by atoms with E-state index in [2.05, 4.69) is 28.7 Å². The Labute approximate surface area is 140 Å². The highest BCUT2D eigenvalue weighted by atomic mass is 19.2. The molecule has 0 radical (unpaired) electrons. The Morgan fingerprint density at radius 1 is 1.17 bits per heavy atom. The summed E-state index contributed by atoms with van der Waals surface area (Å²) < 4.78 is 32.3. The van der Waals surface area contributed by atoms with Crippen molar-refractivity contribution in [2.75, 3.05) is 38.1 Å². The molecule has 0 bridgehead atoms. The summed E-state index contributed by atoms with van der Waals surface area (Å²) in [4.78, 5) is 12.9. The number of likely N-dealkylation sites (N-methyl/N-ethyl adjacent to an activating group) is 1. The first-order chi connectivity index (χ1) is 11.4. The first kappa shape index (κ1) is 17.0. The normalized spacial score (nSPS) is 22.0. The van der Waals surface area contributed by atoms with Crippen LogP contribution in [0.2, 0.25) is 0 Å². The quantitative estimate of drug-likeness (QED) is 0.858. The molecule has 130 valence electrons. The number of hydrogen-bond donors (Lipinski definition) is 0. The van der Waals surface area contributed by atoms with Gasteiger partial charge < -0.3 is 9.64 Å². The lowest BCUT2D eigenvalue weighted by Crippen LogP contribution is -2.47. The molecule has 1 aliphatic rings. The van der Waals surface area contributed by atoms with E-state index in [1.165, 1.54) is 0 Å². The summed E-state index contributed by atoms with van der Waals surface area (Å²) in [6.07, 6.45) is 2.05. The number of halogens is 2. The Morgan fingerprint density at radius 2 is 1.79 bits per heavy atom. The van der Waals surface area contributed by atoms with E-state index >= 15 is 0 Å². The monoisotopic (exact) mass is 336 g/mol. The molecule has 0 spiro atoms. The van der Waals surface area contributed by atoms with Crippen molar-refractivity contribution in [1.29, 1.82) is 0 Å². The number of aromatic nitrogens is 2. The summed E-state index contributed by atoms with van der Waals surface area (Å²) in [5.74, 6) is -1.18. The fourth-order valence-corrected chi connectivity index (χ4v) is 3.06. The molecule has 1 fully saturated rings. The van der Waals surface area contributed by atoms with E-state index in [1.54, 1.807) is 6.20 Å². The Kier molecular flexibility index (Phi) is 4.91. The van der Waals surface area contributed by atoms with E-state index in [1.807, 2.05) is 11.9 Å². The van der Waals surface area contributed by atoms with Crippen molar-refractivity contribution in [3.8, 4) is 0 Å². The summed E-state index contributed by atoms with van der Waals surface area (Å²) in [7, 11) is 1.92. The van der Waals surface area contributed by atoms with Crippen molar-refractivity contribution in [3.05, 3.63) is 30.0 Å². The second-order valence-electron chi connectivity index (χ2n) is 6.42. The van der Waals surface area contributed by atoms with Crippen molar-refractivity contribution in [1.82, 2.24) is 14.9 Å². The Bertz CT molecular complexity index is 717. The number of fused-ring (bicyclic) bond motifs is 1. The standard InChI is InChI=1S/C17H22F2N4O/c1-11-9-23(10-12(2)24-11)5-4-22(3)17-8-20-15-6-13(18)14(19)7-16(15)21-17/h6-8,11-12H,4-5,9-10H2,1-3H3/t11-,12+. The lowest BCUT2D eigenvalue weighted by atomic mass is 10.2. The summed E-state index contributed by atoms with van der Waals surface area (Å²) in [6, 6.07) is 2.15. The van der Waals surface area contributed by atoms with Crippen LogP contribution in [0.3, 0.4) is 0 Å². The minimum Gasteiger partial charge on any atom is -0.373 e. The number of nitrogens with zero attached hydrogens (tertiary/aromatic N) is 4. The number of hydrogen-bond acceptors (Lipinski definition) is 5. The molecule has 1 aromatic heterocycles. The molecule has 2 aromatic rings. The van der Waals surface area contributed by atoms with Crippen molar-refractivity contribution in [2.45, 2.75) is 26.1 Å². The van der Waals surface area contributed by atoms with Gasteiger partial charge in [0.15, 0.2) is 11.6 Å². The largest absolute Gasteiger partial charge is 0.373 e. The number of morpholine rings is 1. The van der Waals surface area contributed by atoms with Gasteiger partial charge in [0, 0.05) is 45.4 Å². The molecule has 0 unspecified atom stereocenters. The van der Waals surface area contributed by atoms with Crippen LogP contribution in [0.25, 0.3) is 11.0 Å². The smallest absolute Gasteiger partial charge is 0.161 e. The van der Waals surface area contributed by atoms with Crippen LogP contribution < -0.4 is 4.90 Å². The van der Waals surface area contributed by atoms with Crippen molar-refractivity contribution in [3.63, 3.8) is 0 Å². The molecule has 1 saturated heterocycles. The van der Waals surface area contributed by atoms with Crippen molar-refractivity contribution < 1.29 is 13.5 Å². The van der Waals surface area contributed by atoms with Gasteiger partial charge in [-0.25, -0.2) is 13.8 Å². The molecule has 5 nitrogen and oxygen atoms in total. The van der Waals surface area contributed by atoms with Crippen LogP contribution in [0.4, 0.5) is 14.6 Å². The van der Waals surface area contributed by atoms with Crippen LogP contribution >= 0.6 is 0 Å². The predicted molar refractivity (Wildman–Crippen MR) is 89.2 cm³/mol. The van der Waals surface area contributed by atoms with Crippen molar-refractivity contribution >= 4 is 16.9 Å². The van der Waals surface area contributed by atoms with E-state index in [-0.39, 0.29) is 12.2 Å². The molecule has 24 heavy (non-hydrogen) atoms. The highest BCUT2D eigenvalue weighted by Crippen LogP contribution is 2.18. The molecule has 7 heteroatoms. The average Bonchev–Trinajstić information content (AvgIpc) is 2.52. The molecule has 3 rings (SSSR count). The zero-order valence-electron chi connectivity index (χ0n) is 14.2. The fourth-order valence-electron chi connectivity index (χ4n) is 3.06. The van der Waals surface area contributed by atoms with E-state index in [9.17, 15) is 8.78 Å². The molecule has 0 saturated carbocycles. The first-order valence-electron chi connectivity index (χ1n) is 8.13. The van der Waals surface area contributed by atoms with E-state index in [0.29, 0.717) is 16.9 Å². The topological polar surface area (TPSA) is 41.5 Å². The SMILES string of the molecule is C[C@@H]1CN(CCN(C)c2cnc3cc(F)c(F)cc3n2)C[C@H](C)O1. The lowest BCUT2D eigenvalue weighted by molar-refractivity contribution is -0.0670. The minimum absolute atomic E-state index is 0.234. The summed E-state index contributed by atoms with van der Waals surface area (Å²) in [5, 5.41) is 0. The molecule has 0 aliphatic carbocycles. The summed E-state index contributed by atoms with van der Waals surface area (Å²) in [5.41, 5.74) is 0.703. The highest BCUT2D eigenvalue weighted by molar-refractivity contribution is 5.75. The highest BCUT2D eigenvalue weighted by Gasteiger charge is 2.22. The predicted octanol–water partition coefficient (Wildman–Crippen LogP) is 2.45. The molecule has 2 heterocycles. The molecule has 2 atom stereocenters. The second-order valence-corrected chi connectivity index (χ2v) is 6.42. The van der Waals surface area contributed by atoms with E-state index < -0.39 is 11.6 Å². The van der Waals surface area contributed by atoms with Crippen LogP contribution in [0.15, 0.2) is 18.3 Å². The van der Waals surface area contributed by atoms with Gasteiger partial charge in [-0.1, -0.05) is 0 Å². The third-order valence-corrected chi connectivity index (χ3v) is 4.21. The number of anilines is 1. The Hall–Kier alpha value is -1.86. The first-order valence-corrected chi connectivity index (χ1v) is 8.13. The van der Waals surface area contributed by atoms with Gasteiger partial charge in [0.05, 0.1) is 29.4 Å². The van der Waals surface area contributed by atoms with Crippen LogP contribution in [0.5, 0.6) is 0 Å². The van der Waals surface area contributed by atoms with E-state index in [0.717, 1.165) is 38.3 Å². The maximum absolute atomic E-state index is 13.4. The molecular weight excluding hydrogens is 314 g/mol. The molecular formula is C17H22F2N4O. The van der Waals surface area contributed by atoms with Crippen LogP contribution in [0, 0.1) is 11.6 Å². The van der Waals surface area contributed by atoms with Crippen molar-refractivity contribution in [2.24, 2.45) is 0 Å². The third kappa shape index (κ3) is 3.79. The minimum atomic E-state index is -0.909. The van der Waals surface area contributed by atoms with Gasteiger partial charge in [-0.05, 0) is 13.8 Å². The van der Waals surface area contributed by atoms with Crippen LogP contribution in [-0.4, -0.2) is 60.3 Å². The molecule has 0 N–H and O–H groups in total. The van der Waals surface area contributed by atoms with Crippen LogP contribution in [0.1, 0.15) is 13.8 Å². The van der Waals surface area contributed by atoms with Gasteiger partial charge in [0.25, 0.3) is 0 Å². The zero-order valence-corrected chi connectivity index (χ0v) is 14.2. The summed E-state index contributed by atoms with van der Waals surface area (Å²) >= 11 is 0. The fraction of sp³-hybridized carbons (Fsp3) is 0.529. The second kappa shape index (κ2) is 6.94. The average molecular weight is 336 g/mol. The van der Waals surface area contributed by atoms with E-state index in [4.69, 9.17) is 4.74 Å². The maximum atomic E-state index is 13.4. The zero-order chi connectivity index (χ0) is 17.3. The maximum Gasteiger partial charge on any atom is 0.161 e. The van der Waals surface area contributed by atoms with Gasteiger partial charge in [0.1, 0.15) is 5.82 Å². The van der Waals surface area contributed by atoms with Gasteiger partial charge in [-0.15, -0.1) is 0 Å². The molecule has 1 aliphatic heterocycles. The number of ether oxygens (including phenoxy) is 1. The van der Waals surface area contributed by atoms with Gasteiger partial charge in [0.2, 0.25) is 0 Å². The third-order valence-electron chi connectivity index (χ3n) is 4.21. The van der Waals surface area contributed by atoms with Gasteiger partial charge in [-0.2, -0.15) is 0 Å². The Balaban J connectivity index is 1.67. The lowest BCUT2D eigenvalue weighted by Gasteiger charge is -2.36. The number of benzene rings is 1. The number of rotatable bonds is 4. The molecule has 1 aromatic carbocycles. The Morgan fingerprint density at radius 3 is 2.46 bits per heavy atom. The summed E-state index contributed by atoms with van der Waals surface area (Å²) in [6.45, 7) is 7.62. The van der Waals surface area contributed by atoms with Gasteiger partial charge in [-0.3, -0.25) is 9.88 Å². The molecule has 0 amide bonds. The van der Waals surface area contributed by atoms with Crippen LogP contribution in [-0.2, 0) is 4.74 Å². The van der Waals surface area contributed by atoms with Gasteiger partial charge >= 0.3 is 0 Å².